The summed E-state index contributed by atoms with van der Waals surface area (Å²) in [6, 6.07) is 17.4. The first-order valence-corrected chi connectivity index (χ1v) is 7.61. The van der Waals surface area contributed by atoms with Gasteiger partial charge in [-0.25, -0.2) is 0 Å². The van der Waals surface area contributed by atoms with E-state index in [1.807, 2.05) is 0 Å². The normalized spacial score (nSPS) is 11.0. The third-order valence-corrected chi connectivity index (χ3v) is 3.42. The van der Waals surface area contributed by atoms with Crippen LogP contribution in [0.1, 0.15) is 16.1 Å². The number of para-hydroxylation sites is 1. The molecule has 26 heavy (non-hydrogen) atoms. The number of amides is 1. The molecule has 0 unspecified atom stereocenters. The molecule has 2 aromatic carbocycles. The molecule has 3 aromatic rings. The summed E-state index contributed by atoms with van der Waals surface area (Å²) < 4.78 is 38.7. The molecule has 0 aliphatic carbocycles. The van der Waals surface area contributed by atoms with Gasteiger partial charge in [-0.15, -0.1) is 5.06 Å². The van der Waals surface area contributed by atoms with Gasteiger partial charge in [0, 0.05) is 6.20 Å². The van der Waals surface area contributed by atoms with Crippen molar-refractivity contribution in [2.24, 2.45) is 0 Å². The zero-order chi connectivity index (χ0) is 18.6. The minimum absolute atomic E-state index is 0.100. The average molecular weight is 358 g/mol. The summed E-state index contributed by atoms with van der Waals surface area (Å²) in [5.74, 6) is -0.720. The topological polar surface area (TPSA) is 42.4 Å². The number of hydrogen-bond acceptors (Lipinski definition) is 3. The Hall–Kier alpha value is -3.35. The average Bonchev–Trinajstić information content (AvgIpc) is 2.66. The van der Waals surface area contributed by atoms with Gasteiger partial charge >= 0.3 is 12.1 Å². The van der Waals surface area contributed by atoms with Crippen molar-refractivity contribution in [3.8, 4) is 5.75 Å². The first kappa shape index (κ1) is 17.5. The number of pyridine rings is 1. The van der Waals surface area contributed by atoms with Gasteiger partial charge in [0.25, 0.3) is 0 Å². The maximum atomic E-state index is 12.9. The molecule has 0 atom stereocenters. The predicted molar refractivity (Wildman–Crippen MR) is 89.6 cm³/mol. The number of alkyl halides is 3. The van der Waals surface area contributed by atoms with Gasteiger partial charge in [0.15, 0.2) is 5.75 Å². The first-order valence-electron chi connectivity index (χ1n) is 7.61. The van der Waals surface area contributed by atoms with Crippen molar-refractivity contribution in [1.82, 2.24) is 4.98 Å². The predicted octanol–water partition coefficient (Wildman–Crippen LogP) is 4.74. The lowest BCUT2D eigenvalue weighted by atomic mass is 10.2. The minimum atomic E-state index is -4.51. The molecular formula is C19H13F3N2O2. The summed E-state index contributed by atoms with van der Waals surface area (Å²) in [6.45, 7) is 0. The molecule has 0 aliphatic heterocycles. The van der Waals surface area contributed by atoms with Gasteiger partial charge in [-0.2, -0.15) is 13.2 Å². The van der Waals surface area contributed by atoms with Crippen molar-refractivity contribution >= 4 is 11.6 Å². The van der Waals surface area contributed by atoms with Crippen LogP contribution in [0, 0.1) is 0 Å². The molecule has 132 valence electrons. The number of carbonyl (C=O) groups is 1. The van der Waals surface area contributed by atoms with E-state index in [0.717, 1.165) is 17.2 Å². The van der Waals surface area contributed by atoms with Gasteiger partial charge in [-0.1, -0.05) is 30.3 Å². The Balaban J connectivity index is 1.96. The number of anilines is 1. The van der Waals surface area contributed by atoms with Crippen molar-refractivity contribution in [2.45, 2.75) is 6.18 Å². The molecule has 0 N–H and O–H groups in total. The van der Waals surface area contributed by atoms with Crippen LogP contribution < -0.4 is 9.90 Å². The summed E-state index contributed by atoms with van der Waals surface area (Å²) in [5, 5.41) is 0.915. The van der Waals surface area contributed by atoms with Gasteiger partial charge in [-0.3, -0.25) is 9.78 Å². The fourth-order valence-corrected chi connectivity index (χ4v) is 2.20. The molecule has 3 rings (SSSR count). The van der Waals surface area contributed by atoms with E-state index < -0.39 is 17.6 Å². The van der Waals surface area contributed by atoms with Crippen LogP contribution in [-0.4, -0.2) is 10.9 Å². The van der Waals surface area contributed by atoms with E-state index in [2.05, 4.69) is 4.98 Å². The lowest BCUT2D eigenvalue weighted by Crippen LogP contribution is -2.34. The number of halogens is 3. The Morgan fingerprint density at radius 3 is 2.31 bits per heavy atom. The van der Waals surface area contributed by atoms with Crippen LogP contribution >= 0.6 is 0 Å². The van der Waals surface area contributed by atoms with E-state index >= 15 is 0 Å². The fourth-order valence-electron chi connectivity index (χ4n) is 2.20. The number of carbonyl (C=O) groups excluding carboxylic acids is 1. The molecule has 0 saturated heterocycles. The van der Waals surface area contributed by atoms with Crippen LogP contribution in [0.25, 0.3) is 0 Å². The highest BCUT2D eigenvalue weighted by Gasteiger charge is 2.31. The second kappa shape index (κ2) is 7.26. The standard InChI is InChI=1S/C19H13F3N2O2/c20-19(21,22)14-7-6-10-16(13-14)26-24(15-8-2-1-3-9-15)18(25)17-11-4-5-12-23-17/h1-13H. The summed E-state index contributed by atoms with van der Waals surface area (Å²) in [6.07, 6.45) is -3.07. The summed E-state index contributed by atoms with van der Waals surface area (Å²) in [7, 11) is 0. The van der Waals surface area contributed by atoms with E-state index in [1.165, 1.54) is 24.4 Å². The van der Waals surface area contributed by atoms with Crippen LogP contribution in [0.2, 0.25) is 0 Å². The smallest absolute Gasteiger partial charge is 0.372 e. The lowest BCUT2D eigenvalue weighted by molar-refractivity contribution is -0.137. The van der Waals surface area contributed by atoms with E-state index in [1.54, 1.807) is 42.5 Å². The van der Waals surface area contributed by atoms with E-state index in [9.17, 15) is 18.0 Å². The molecule has 1 aromatic heterocycles. The molecule has 0 radical (unpaired) electrons. The van der Waals surface area contributed by atoms with Crippen LogP contribution in [-0.2, 0) is 6.18 Å². The quantitative estimate of drug-likeness (QED) is 0.633. The number of hydroxylamine groups is 1. The number of nitrogens with zero attached hydrogens (tertiary/aromatic N) is 2. The number of aromatic nitrogens is 1. The summed E-state index contributed by atoms with van der Waals surface area (Å²) >= 11 is 0. The Kier molecular flexibility index (Phi) is 4.88. The van der Waals surface area contributed by atoms with Gasteiger partial charge in [0.1, 0.15) is 5.69 Å². The van der Waals surface area contributed by atoms with Gasteiger partial charge in [0.05, 0.1) is 11.3 Å². The van der Waals surface area contributed by atoms with Crippen molar-refractivity contribution in [2.75, 3.05) is 5.06 Å². The molecule has 7 heteroatoms. The van der Waals surface area contributed by atoms with E-state index in [4.69, 9.17) is 4.84 Å². The van der Waals surface area contributed by atoms with Gasteiger partial charge < -0.3 is 4.84 Å². The Labute approximate surface area is 147 Å². The SMILES string of the molecule is O=C(c1ccccn1)N(Oc1cccc(C(F)(F)F)c1)c1ccccc1. The number of hydrogen-bond donors (Lipinski definition) is 0. The number of benzene rings is 2. The Bertz CT molecular complexity index is 884. The Morgan fingerprint density at radius 1 is 0.923 bits per heavy atom. The van der Waals surface area contributed by atoms with Crippen LogP contribution in [0.4, 0.5) is 18.9 Å². The molecular weight excluding hydrogens is 345 g/mol. The first-order chi connectivity index (χ1) is 12.4. The highest BCUT2D eigenvalue weighted by Crippen LogP contribution is 2.32. The number of rotatable bonds is 4. The molecule has 0 aliphatic rings. The van der Waals surface area contributed by atoms with Gasteiger partial charge in [0.2, 0.25) is 0 Å². The third kappa shape index (κ3) is 4.00. The second-order valence-corrected chi connectivity index (χ2v) is 5.27. The molecule has 0 bridgehead atoms. The molecule has 4 nitrogen and oxygen atoms in total. The Morgan fingerprint density at radius 2 is 1.65 bits per heavy atom. The van der Waals surface area contributed by atoms with E-state index in [0.29, 0.717) is 5.69 Å². The molecule has 0 saturated carbocycles. The van der Waals surface area contributed by atoms with Crippen molar-refractivity contribution in [3.63, 3.8) is 0 Å². The molecule has 1 heterocycles. The summed E-state index contributed by atoms with van der Waals surface area (Å²) in [5.41, 5.74) is -0.405. The van der Waals surface area contributed by atoms with Crippen molar-refractivity contribution < 1.29 is 22.8 Å². The maximum absolute atomic E-state index is 12.9. The fraction of sp³-hybridized carbons (Fsp3) is 0.0526. The van der Waals surface area contributed by atoms with Crippen molar-refractivity contribution in [3.05, 3.63) is 90.3 Å². The minimum Gasteiger partial charge on any atom is -0.372 e. The molecule has 0 fully saturated rings. The second-order valence-electron chi connectivity index (χ2n) is 5.27. The lowest BCUT2D eigenvalue weighted by Gasteiger charge is -2.22. The van der Waals surface area contributed by atoms with Gasteiger partial charge in [-0.05, 0) is 42.5 Å². The maximum Gasteiger partial charge on any atom is 0.416 e. The summed E-state index contributed by atoms with van der Waals surface area (Å²) in [4.78, 5) is 22.2. The largest absolute Gasteiger partial charge is 0.416 e. The highest BCUT2D eigenvalue weighted by molar-refractivity contribution is 6.03. The monoisotopic (exact) mass is 358 g/mol. The zero-order valence-corrected chi connectivity index (χ0v) is 13.4. The van der Waals surface area contributed by atoms with Crippen LogP contribution in [0.15, 0.2) is 79.0 Å². The van der Waals surface area contributed by atoms with E-state index in [-0.39, 0.29) is 11.4 Å². The van der Waals surface area contributed by atoms with Crippen LogP contribution in [0.3, 0.4) is 0 Å². The third-order valence-electron chi connectivity index (χ3n) is 3.42. The zero-order valence-electron chi connectivity index (χ0n) is 13.4. The molecule has 0 spiro atoms. The molecule has 1 amide bonds. The van der Waals surface area contributed by atoms with Crippen molar-refractivity contribution in [1.29, 1.82) is 0 Å². The highest BCUT2D eigenvalue weighted by atomic mass is 19.4. The van der Waals surface area contributed by atoms with Crippen LogP contribution in [0.5, 0.6) is 5.75 Å².